The van der Waals surface area contributed by atoms with Crippen molar-refractivity contribution in [1.29, 1.82) is 0 Å². The van der Waals surface area contributed by atoms with Gasteiger partial charge in [-0.2, -0.15) is 4.98 Å². The van der Waals surface area contributed by atoms with Gasteiger partial charge >= 0.3 is 6.01 Å². The highest BCUT2D eigenvalue weighted by atomic mass is 35.5. The van der Waals surface area contributed by atoms with Crippen molar-refractivity contribution in [3.63, 3.8) is 0 Å². The van der Waals surface area contributed by atoms with Crippen LogP contribution in [0.3, 0.4) is 0 Å². The van der Waals surface area contributed by atoms with Gasteiger partial charge in [-0.15, -0.1) is 0 Å². The lowest BCUT2D eigenvalue weighted by Gasteiger charge is -2.28. The van der Waals surface area contributed by atoms with Gasteiger partial charge in [-0.1, -0.05) is 42.6 Å². The first-order valence-corrected chi connectivity index (χ1v) is 10.1. The first kappa shape index (κ1) is 18.5. The average Bonchev–Trinajstić information content (AvgIpc) is 3.05. The Labute approximate surface area is 158 Å². The highest BCUT2D eigenvalue weighted by Gasteiger charge is 2.22. The number of halogens is 1. The molecular weight excluding hydrogens is 356 g/mol. The van der Waals surface area contributed by atoms with E-state index in [2.05, 4.69) is 34.0 Å². The van der Waals surface area contributed by atoms with Gasteiger partial charge in [0.15, 0.2) is 0 Å². The zero-order valence-corrected chi connectivity index (χ0v) is 16.2. The Morgan fingerprint density at radius 1 is 1.20 bits per heavy atom. The van der Waals surface area contributed by atoms with Crippen LogP contribution in [0.2, 0.25) is 5.02 Å². The maximum atomic E-state index is 5.91. The highest BCUT2D eigenvalue weighted by Crippen LogP contribution is 2.27. The third-order valence-corrected chi connectivity index (χ3v) is 5.45. The summed E-state index contributed by atoms with van der Waals surface area (Å²) >= 11 is 7.73. The summed E-state index contributed by atoms with van der Waals surface area (Å²) in [6, 6.07) is 8.35. The van der Waals surface area contributed by atoms with E-state index < -0.39 is 0 Å². The van der Waals surface area contributed by atoms with Crippen LogP contribution in [-0.2, 0) is 0 Å². The molecule has 0 radical (unpaired) electrons. The molecule has 1 aliphatic rings. The smallest absolute Gasteiger partial charge is 0.322 e. The summed E-state index contributed by atoms with van der Waals surface area (Å²) in [5, 5.41) is 8.76. The summed E-state index contributed by atoms with van der Waals surface area (Å²) in [7, 11) is 0. The molecule has 25 heavy (non-hydrogen) atoms. The topological polar surface area (TPSA) is 63.0 Å². The fourth-order valence-electron chi connectivity index (χ4n) is 3.02. The van der Waals surface area contributed by atoms with E-state index in [0.717, 1.165) is 30.9 Å². The van der Waals surface area contributed by atoms with Crippen molar-refractivity contribution in [3.8, 4) is 11.4 Å². The third-order valence-electron chi connectivity index (χ3n) is 4.39. The van der Waals surface area contributed by atoms with E-state index in [9.17, 15) is 0 Å². The Balaban J connectivity index is 1.46. The largest absolute Gasteiger partial charge is 0.335 e. The Morgan fingerprint density at radius 3 is 2.60 bits per heavy atom. The second-order valence-electron chi connectivity index (χ2n) is 6.81. The minimum absolute atomic E-state index is 0.410. The lowest BCUT2D eigenvalue weighted by Crippen LogP contribution is -2.30. The van der Waals surface area contributed by atoms with Gasteiger partial charge in [0.1, 0.15) is 0 Å². The number of benzene rings is 1. The second kappa shape index (κ2) is 8.92. The number of nitrogens with one attached hydrogen (secondary N) is 2. The Bertz CT molecular complexity index is 653. The zero-order valence-electron chi connectivity index (χ0n) is 14.7. The average molecular weight is 381 g/mol. The number of anilines is 1. The van der Waals surface area contributed by atoms with Crippen LogP contribution in [0.15, 0.2) is 28.8 Å². The lowest BCUT2D eigenvalue weighted by molar-refractivity contribution is 0.332. The summed E-state index contributed by atoms with van der Waals surface area (Å²) in [6.07, 6.45) is 4.72. The molecule has 0 atom stereocenters. The van der Waals surface area contributed by atoms with Crippen molar-refractivity contribution in [1.82, 2.24) is 14.9 Å². The molecule has 0 saturated heterocycles. The van der Waals surface area contributed by atoms with Gasteiger partial charge in [0.05, 0.1) is 0 Å². The van der Waals surface area contributed by atoms with Gasteiger partial charge in [0.25, 0.3) is 0 Å². The minimum atomic E-state index is 0.410. The molecule has 1 fully saturated rings. The molecule has 0 bridgehead atoms. The predicted molar refractivity (Wildman–Crippen MR) is 105 cm³/mol. The number of hydrogen-bond acceptors (Lipinski definition) is 6. The second-order valence-corrected chi connectivity index (χ2v) is 8.71. The molecule has 136 valence electrons. The molecule has 2 N–H and O–H groups in total. The molecule has 1 aliphatic carbocycles. The van der Waals surface area contributed by atoms with Gasteiger partial charge in [0.2, 0.25) is 5.82 Å². The van der Waals surface area contributed by atoms with Crippen LogP contribution < -0.4 is 10.0 Å². The number of aromatic nitrogens is 2. The summed E-state index contributed by atoms with van der Waals surface area (Å²) in [4.78, 5) is 4.44. The molecular formula is C18H25ClN4OS. The van der Waals surface area contributed by atoms with Gasteiger partial charge in [-0.05, 0) is 55.9 Å². The maximum Gasteiger partial charge on any atom is 0.322 e. The van der Waals surface area contributed by atoms with E-state index in [1.165, 1.54) is 12.8 Å². The lowest BCUT2D eigenvalue weighted by atomic mass is 9.86. The summed E-state index contributed by atoms with van der Waals surface area (Å²) < 4.78 is 8.84. The number of rotatable bonds is 7. The van der Waals surface area contributed by atoms with Crippen molar-refractivity contribution in [2.45, 2.75) is 50.8 Å². The quantitative estimate of drug-likeness (QED) is 0.658. The van der Waals surface area contributed by atoms with E-state index in [-0.39, 0.29) is 0 Å². The molecule has 1 heterocycles. The Hall–Kier alpha value is -1.24. The van der Waals surface area contributed by atoms with Gasteiger partial charge in [0, 0.05) is 28.4 Å². The van der Waals surface area contributed by atoms with Crippen LogP contribution >= 0.6 is 23.5 Å². The van der Waals surface area contributed by atoms with Gasteiger partial charge in [-0.3, -0.25) is 4.72 Å². The van der Waals surface area contributed by atoms with E-state index in [0.29, 0.717) is 28.2 Å². The normalized spacial score (nSPS) is 20.8. The molecule has 7 heteroatoms. The Kier molecular flexibility index (Phi) is 6.62. The van der Waals surface area contributed by atoms with Gasteiger partial charge in [-0.25, -0.2) is 0 Å². The molecule has 3 rings (SSSR count). The SMILES string of the molecule is CC(C)SNCC1CCC(Nc2nc(-c3ccc(Cl)cc3)no2)CC1. The summed E-state index contributed by atoms with van der Waals surface area (Å²) in [5.74, 6) is 1.35. The number of nitrogens with zero attached hydrogens (tertiary/aromatic N) is 2. The molecule has 0 aliphatic heterocycles. The fourth-order valence-corrected chi connectivity index (χ4v) is 3.81. The van der Waals surface area contributed by atoms with E-state index in [1.54, 1.807) is 0 Å². The molecule has 5 nitrogen and oxygen atoms in total. The van der Waals surface area contributed by atoms with Crippen LogP contribution in [0.4, 0.5) is 6.01 Å². The van der Waals surface area contributed by atoms with Crippen LogP contribution in [0.1, 0.15) is 39.5 Å². The molecule has 0 amide bonds. The van der Waals surface area contributed by atoms with Crippen LogP contribution in [-0.4, -0.2) is 28.0 Å². The number of hydrogen-bond donors (Lipinski definition) is 2. The molecule has 1 aromatic carbocycles. The first-order chi connectivity index (χ1) is 12.1. The van der Waals surface area contributed by atoms with Crippen molar-refractivity contribution in [2.24, 2.45) is 5.92 Å². The first-order valence-electron chi connectivity index (χ1n) is 8.85. The molecule has 1 aromatic heterocycles. The van der Waals surface area contributed by atoms with Crippen molar-refractivity contribution >= 4 is 29.6 Å². The molecule has 0 spiro atoms. The van der Waals surface area contributed by atoms with Crippen LogP contribution in [0, 0.1) is 5.92 Å². The third kappa shape index (κ3) is 5.62. The Morgan fingerprint density at radius 2 is 1.92 bits per heavy atom. The molecule has 0 unspecified atom stereocenters. The standard InChI is InChI=1S/C18H25ClN4OS/c1-12(2)25-20-11-13-3-9-16(10-4-13)21-18-22-17(23-24-18)14-5-7-15(19)8-6-14/h5-8,12-13,16,20H,3-4,9-11H2,1-2H3,(H,21,22,23). The van der Waals surface area contributed by atoms with E-state index in [4.69, 9.17) is 16.1 Å². The summed E-state index contributed by atoms with van der Waals surface area (Å²) in [5.41, 5.74) is 0.902. The minimum Gasteiger partial charge on any atom is -0.335 e. The van der Waals surface area contributed by atoms with Crippen LogP contribution in [0.5, 0.6) is 0 Å². The molecule has 2 aromatic rings. The predicted octanol–water partition coefficient (Wildman–Crippen LogP) is 5.01. The fraction of sp³-hybridized carbons (Fsp3) is 0.556. The van der Waals surface area contributed by atoms with Gasteiger partial charge < -0.3 is 9.84 Å². The monoisotopic (exact) mass is 380 g/mol. The zero-order chi connectivity index (χ0) is 17.6. The van der Waals surface area contributed by atoms with Crippen molar-refractivity contribution in [3.05, 3.63) is 29.3 Å². The van der Waals surface area contributed by atoms with E-state index >= 15 is 0 Å². The molecule has 1 saturated carbocycles. The van der Waals surface area contributed by atoms with E-state index in [1.807, 2.05) is 36.2 Å². The highest BCUT2D eigenvalue weighted by molar-refractivity contribution is 7.97. The van der Waals surface area contributed by atoms with Crippen molar-refractivity contribution < 1.29 is 4.52 Å². The van der Waals surface area contributed by atoms with Crippen LogP contribution in [0.25, 0.3) is 11.4 Å². The van der Waals surface area contributed by atoms with Crippen molar-refractivity contribution in [2.75, 3.05) is 11.9 Å². The maximum absolute atomic E-state index is 5.91. The summed E-state index contributed by atoms with van der Waals surface area (Å²) in [6.45, 7) is 5.51.